The fourth-order valence-corrected chi connectivity index (χ4v) is 2.11. The van der Waals surface area contributed by atoms with Gasteiger partial charge in [0.1, 0.15) is 0 Å². The van der Waals surface area contributed by atoms with Gasteiger partial charge in [0, 0.05) is 12.4 Å². The number of halogens is 1. The van der Waals surface area contributed by atoms with E-state index in [1.54, 1.807) is 18.6 Å². The molecule has 0 aliphatic heterocycles. The van der Waals surface area contributed by atoms with Gasteiger partial charge in [0.05, 0.1) is 23.0 Å². The first-order chi connectivity index (χ1) is 9.18. The van der Waals surface area contributed by atoms with Crippen LogP contribution in [0.25, 0.3) is 0 Å². The first-order valence-corrected chi connectivity index (χ1v) is 6.90. The van der Waals surface area contributed by atoms with Crippen molar-refractivity contribution in [2.45, 2.75) is 19.8 Å². The van der Waals surface area contributed by atoms with Crippen LogP contribution in [0.2, 0.25) is 0 Å². The zero-order valence-electron chi connectivity index (χ0n) is 10.8. The Hall–Kier alpha value is -1.62. The second kappa shape index (κ2) is 6.52. The fourth-order valence-electron chi connectivity index (χ4n) is 1.66. The van der Waals surface area contributed by atoms with E-state index in [0.717, 1.165) is 22.9 Å². The topological polar surface area (TPSA) is 61.0 Å². The minimum Gasteiger partial charge on any atom is -0.477 e. The van der Waals surface area contributed by atoms with E-state index in [1.807, 2.05) is 19.1 Å². The maximum Gasteiger partial charge on any atom is 0.228 e. The first-order valence-electron chi connectivity index (χ1n) is 6.10. The molecule has 4 nitrogen and oxygen atoms in total. The molecule has 0 aliphatic carbocycles. The van der Waals surface area contributed by atoms with Crippen molar-refractivity contribution in [1.82, 2.24) is 9.97 Å². The molecule has 2 heterocycles. The van der Waals surface area contributed by atoms with Gasteiger partial charge in [0.2, 0.25) is 5.88 Å². The van der Waals surface area contributed by atoms with Gasteiger partial charge in [0.15, 0.2) is 0 Å². The summed E-state index contributed by atoms with van der Waals surface area (Å²) in [6.45, 7) is 2.56. The molecule has 19 heavy (non-hydrogen) atoms. The zero-order chi connectivity index (χ0) is 13.7. The third-order valence-corrected chi connectivity index (χ3v) is 3.80. The lowest BCUT2D eigenvalue weighted by atomic mass is 10.1. The Morgan fingerprint density at radius 3 is 2.79 bits per heavy atom. The van der Waals surface area contributed by atoms with Crippen molar-refractivity contribution in [1.29, 1.82) is 0 Å². The number of aromatic nitrogens is 2. The number of hydrogen-bond acceptors (Lipinski definition) is 4. The highest BCUT2D eigenvalue weighted by Crippen LogP contribution is 2.29. The molecule has 0 bridgehead atoms. The Bertz CT molecular complexity index is 546. The number of nitrogen functional groups attached to an aromatic ring is 1. The molecule has 0 saturated carbocycles. The summed E-state index contributed by atoms with van der Waals surface area (Å²) in [5.41, 5.74) is 8.65. The summed E-state index contributed by atoms with van der Waals surface area (Å²) in [6, 6.07) is 4.03. The summed E-state index contributed by atoms with van der Waals surface area (Å²) in [6.07, 6.45) is 7.13. The van der Waals surface area contributed by atoms with Crippen LogP contribution in [-0.2, 0) is 6.42 Å². The lowest BCUT2D eigenvalue weighted by Gasteiger charge is -2.10. The van der Waals surface area contributed by atoms with Gasteiger partial charge in [0.25, 0.3) is 0 Å². The highest BCUT2D eigenvalue weighted by atomic mass is 79.9. The Morgan fingerprint density at radius 2 is 2.05 bits per heavy atom. The average molecular weight is 322 g/mol. The SMILES string of the molecule is Cc1c(N)cnc(OCCCc2ccncc2)c1Br. The normalized spacial score (nSPS) is 10.4. The predicted octanol–water partition coefficient (Wildman–Crippen LogP) is 3.14. The predicted molar refractivity (Wildman–Crippen MR) is 79.1 cm³/mol. The molecule has 0 radical (unpaired) electrons. The van der Waals surface area contributed by atoms with E-state index in [4.69, 9.17) is 10.5 Å². The van der Waals surface area contributed by atoms with Crippen molar-refractivity contribution in [2.24, 2.45) is 0 Å². The molecule has 2 rings (SSSR count). The Balaban J connectivity index is 1.85. The second-order valence-electron chi connectivity index (χ2n) is 4.27. The van der Waals surface area contributed by atoms with E-state index in [0.29, 0.717) is 18.2 Å². The van der Waals surface area contributed by atoms with Gasteiger partial charge in [-0.2, -0.15) is 0 Å². The van der Waals surface area contributed by atoms with Crippen molar-refractivity contribution >= 4 is 21.6 Å². The van der Waals surface area contributed by atoms with Crippen LogP contribution in [-0.4, -0.2) is 16.6 Å². The van der Waals surface area contributed by atoms with Crippen molar-refractivity contribution in [3.8, 4) is 5.88 Å². The lowest BCUT2D eigenvalue weighted by molar-refractivity contribution is 0.297. The fraction of sp³-hybridized carbons (Fsp3) is 0.286. The molecule has 0 spiro atoms. The van der Waals surface area contributed by atoms with E-state index < -0.39 is 0 Å². The van der Waals surface area contributed by atoms with Crippen molar-refractivity contribution in [3.63, 3.8) is 0 Å². The van der Waals surface area contributed by atoms with Crippen LogP contribution >= 0.6 is 15.9 Å². The first kappa shape index (κ1) is 13.8. The highest BCUT2D eigenvalue weighted by Gasteiger charge is 2.08. The summed E-state index contributed by atoms with van der Waals surface area (Å²) in [4.78, 5) is 8.17. The molecule has 0 aliphatic rings. The van der Waals surface area contributed by atoms with Gasteiger partial charge >= 0.3 is 0 Å². The molecule has 5 heteroatoms. The molecule has 2 aromatic heterocycles. The largest absolute Gasteiger partial charge is 0.477 e. The molecule has 0 unspecified atom stereocenters. The van der Waals surface area contributed by atoms with E-state index in [-0.39, 0.29) is 0 Å². The molecule has 0 fully saturated rings. The van der Waals surface area contributed by atoms with E-state index in [2.05, 4.69) is 25.9 Å². The van der Waals surface area contributed by atoms with Gasteiger partial charge in [-0.05, 0) is 59.0 Å². The number of aryl methyl sites for hydroxylation is 1. The third kappa shape index (κ3) is 3.67. The minimum absolute atomic E-state index is 0.599. The molecule has 100 valence electrons. The number of nitrogens with two attached hydrogens (primary N) is 1. The molecule has 2 N–H and O–H groups in total. The quantitative estimate of drug-likeness (QED) is 0.859. The highest BCUT2D eigenvalue weighted by molar-refractivity contribution is 9.10. The van der Waals surface area contributed by atoms with E-state index in [1.165, 1.54) is 5.56 Å². The lowest BCUT2D eigenvalue weighted by Crippen LogP contribution is -2.03. The summed E-state index contributed by atoms with van der Waals surface area (Å²) >= 11 is 3.45. The summed E-state index contributed by atoms with van der Waals surface area (Å²) in [5.74, 6) is 0.599. The molecular weight excluding hydrogens is 306 g/mol. The van der Waals surface area contributed by atoms with E-state index >= 15 is 0 Å². The minimum atomic E-state index is 0.599. The van der Waals surface area contributed by atoms with E-state index in [9.17, 15) is 0 Å². The second-order valence-corrected chi connectivity index (χ2v) is 5.06. The third-order valence-electron chi connectivity index (χ3n) is 2.87. The average Bonchev–Trinajstić information content (AvgIpc) is 2.44. The molecule has 2 aromatic rings. The van der Waals surface area contributed by atoms with Crippen molar-refractivity contribution in [2.75, 3.05) is 12.3 Å². The van der Waals surface area contributed by atoms with Gasteiger partial charge in [-0.3, -0.25) is 4.98 Å². The summed E-state index contributed by atoms with van der Waals surface area (Å²) in [5, 5.41) is 0. The van der Waals surface area contributed by atoms with Gasteiger partial charge in [-0.1, -0.05) is 0 Å². The number of nitrogens with zero attached hydrogens (tertiary/aromatic N) is 2. The number of ether oxygens (including phenoxy) is 1. The van der Waals surface area contributed by atoms with Gasteiger partial charge in [-0.15, -0.1) is 0 Å². The molecule has 0 aromatic carbocycles. The van der Waals surface area contributed by atoms with Crippen LogP contribution in [0.5, 0.6) is 5.88 Å². The van der Waals surface area contributed by atoms with Crippen LogP contribution in [0.4, 0.5) is 5.69 Å². The van der Waals surface area contributed by atoms with Crippen LogP contribution in [0.1, 0.15) is 17.5 Å². The summed E-state index contributed by atoms with van der Waals surface area (Å²) in [7, 11) is 0. The Kier molecular flexibility index (Phi) is 4.74. The van der Waals surface area contributed by atoms with Crippen LogP contribution in [0.3, 0.4) is 0 Å². The number of hydrogen-bond donors (Lipinski definition) is 1. The Morgan fingerprint density at radius 1 is 1.32 bits per heavy atom. The monoisotopic (exact) mass is 321 g/mol. The van der Waals surface area contributed by atoms with Gasteiger partial charge in [-0.25, -0.2) is 4.98 Å². The number of anilines is 1. The zero-order valence-corrected chi connectivity index (χ0v) is 12.4. The maximum absolute atomic E-state index is 5.77. The molecule has 0 amide bonds. The number of pyridine rings is 2. The maximum atomic E-state index is 5.77. The Labute approximate surface area is 121 Å². The van der Waals surface area contributed by atoms with Crippen LogP contribution < -0.4 is 10.5 Å². The molecular formula is C14H16BrN3O. The van der Waals surface area contributed by atoms with Crippen molar-refractivity contribution in [3.05, 3.63) is 46.3 Å². The smallest absolute Gasteiger partial charge is 0.228 e. The molecule has 0 atom stereocenters. The van der Waals surface area contributed by atoms with Crippen molar-refractivity contribution < 1.29 is 4.74 Å². The molecule has 0 saturated heterocycles. The van der Waals surface area contributed by atoms with Crippen LogP contribution in [0, 0.1) is 6.92 Å². The summed E-state index contributed by atoms with van der Waals surface area (Å²) < 4.78 is 6.50. The number of rotatable bonds is 5. The van der Waals surface area contributed by atoms with Gasteiger partial charge < -0.3 is 10.5 Å². The standard InChI is InChI=1S/C14H16BrN3O/c1-10-12(16)9-18-14(13(10)15)19-8-2-3-11-4-6-17-7-5-11/h4-7,9H,2-3,8,16H2,1H3. The van der Waals surface area contributed by atoms with Crippen LogP contribution in [0.15, 0.2) is 35.2 Å².